The first-order chi connectivity index (χ1) is 11.6. The van der Waals surface area contributed by atoms with Gasteiger partial charge in [0.05, 0.1) is 17.4 Å². The second-order valence-corrected chi connectivity index (χ2v) is 4.87. The molecule has 0 saturated carbocycles. The molecule has 5 nitrogen and oxygen atoms in total. The summed E-state index contributed by atoms with van der Waals surface area (Å²) in [5.41, 5.74) is 1.69. The molecule has 0 aliphatic rings. The monoisotopic (exact) mass is 329 g/mol. The third kappa shape index (κ3) is 3.75. The number of benzene rings is 2. The van der Waals surface area contributed by atoms with Crippen LogP contribution < -0.4 is 10.1 Å². The van der Waals surface area contributed by atoms with Crippen molar-refractivity contribution >= 4 is 11.6 Å². The number of hydrogen-bond acceptors (Lipinski definition) is 3. The van der Waals surface area contributed by atoms with E-state index in [9.17, 15) is 13.6 Å². The first kappa shape index (κ1) is 15.7. The van der Waals surface area contributed by atoms with Crippen molar-refractivity contribution in [2.24, 2.45) is 0 Å². The molecule has 0 atom stereocenters. The summed E-state index contributed by atoms with van der Waals surface area (Å²) in [6.07, 6.45) is 3.07. The van der Waals surface area contributed by atoms with Crippen LogP contribution in [0.25, 0.3) is 5.69 Å². The van der Waals surface area contributed by atoms with Crippen LogP contribution in [-0.2, 0) is 0 Å². The summed E-state index contributed by atoms with van der Waals surface area (Å²) >= 11 is 0. The van der Waals surface area contributed by atoms with Crippen molar-refractivity contribution in [2.75, 3.05) is 5.32 Å². The highest BCUT2D eigenvalue weighted by Crippen LogP contribution is 2.18. The lowest BCUT2D eigenvalue weighted by atomic mass is 10.2. The first-order valence-corrected chi connectivity index (χ1v) is 7.08. The van der Waals surface area contributed by atoms with Crippen LogP contribution >= 0.6 is 0 Å². The average molecular weight is 329 g/mol. The van der Waals surface area contributed by atoms with Gasteiger partial charge in [-0.2, -0.15) is 13.9 Å². The number of anilines is 1. The fraction of sp³-hybridized carbons (Fsp3) is 0.0588. The highest BCUT2D eigenvalue weighted by Gasteiger charge is 2.10. The van der Waals surface area contributed by atoms with Crippen molar-refractivity contribution in [3.05, 3.63) is 72.6 Å². The summed E-state index contributed by atoms with van der Waals surface area (Å²) < 4.78 is 30.0. The van der Waals surface area contributed by atoms with Crippen LogP contribution in [0.2, 0.25) is 0 Å². The van der Waals surface area contributed by atoms with Crippen molar-refractivity contribution < 1.29 is 18.3 Å². The number of carbonyl (C=O) groups is 1. The van der Waals surface area contributed by atoms with Gasteiger partial charge in [0.15, 0.2) is 0 Å². The molecule has 1 amide bonds. The number of amides is 1. The fourth-order valence-corrected chi connectivity index (χ4v) is 2.08. The van der Waals surface area contributed by atoms with E-state index in [0.29, 0.717) is 11.3 Å². The van der Waals surface area contributed by atoms with Crippen molar-refractivity contribution in [1.82, 2.24) is 9.78 Å². The van der Waals surface area contributed by atoms with Crippen LogP contribution in [0.15, 0.2) is 67.0 Å². The van der Waals surface area contributed by atoms with Crippen LogP contribution in [0.3, 0.4) is 0 Å². The van der Waals surface area contributed by atoms with E-state index in [1.54, 1.807) is 10.9 Å². The fourth-order valence-electron chi connectivity index (χ4n) is 2.08. The Balaban J connectivity index is 1.68. The average Bonchev–Trinajstić information content (AvgIpc) is 3.07. The maximum Gasteiger partial charge on any atom is 0.387 e. The summed E-state index contributed by atoms with van der Waals surface area (Å²) in [6.45, 7) is -2.88. The Hall–Kier alpha value is -3.22. The zero-order chi connectivity index (χ0) is 16.9. The van der Waals surface area contributed by atoms with Crippen LogP contribution in [0.5, 0.6) is 5.75 Å². The molecule has 1 heterocycles. The number of rotatable bonds is 5. The molecule has 0 unspecified atom stereocenters. The topological polar surface area (TPSA) is 56.1 Å². The molecule has 0 aliphatic heterocycles. The zero-order valence-corrected chi connectivity index (χ0v) is 12.4. The number of alkyl halides is 2. The second-order valence-electron chi connectivity index (χ2n) is 4.87. The molecule has 7 heteroatoms. The molecule has 0 bridgehead atoms. The number of halogens is 2. The minimum absolute atomic E-state index is 0.0277. The highest BCUT2D eigenvalue weighted by molar-refractivity contribution is 6.04. The molecule has 0 spiro atoms. The predicted molar refractivity (Wildman–Crippen MR) is 84.6 cm³/mol. The Labute approximate surface area is 136 Å². The van der Waals surface area contributed by atoms with Crippen LogP contribution in [0, 0.1) is 0 Å². The first-order valence-electron chi connectivity index (χ1n) is 7.08. The Bertz CT molecular complexity index is 817. The Morgan fingerprint density at radius 3 is 2.46 bits per heavy atom. The van der Waals surface area contributed by atoms with E-state index < -0.39 is 6.61 Å². The normalized spacial score (nSPS) is 10.6. The molecule has 1 aromatic heterocycles. The van der Waals surface area contributed by atoms with Gasteiger partial charge in [-0.25, -0.2) is 4.68 Å². The molecule has 24 heavy (non-hydrogen) atoms. The summed E-state index contributed by atoms with van der Waals surface area (Å²) in [4.78, 5) is 12.2. The van der Waals surface area contributed by atoms with Gasteiger partial charge in [0.1, 0.15) is 5.75 Å². The van der Waals surface area contributed by atoms with Crippen molar-refractivity contribution in [3.63, 3.8) is 0 Å². The molecular weight excluding hydrogens is 316 g/mol. The summed E-state index contributed by atoms with van der Waals surface area (Å²) in [5.74, 6) is -0.320. The second kappa shape index (κ2) is 6.91. The van der Waals surface area contributed by atoms with Gasteiger partial charge in [-0.3, -0.25) is 4.79 Å². The SMILES string of the molecule is O=C(Nc1ccc(OC(F)F)cc1)c1cnn(-c2ccccc2)c1. The van der Waals surface area contributed by atoms with Crippen LogP contribution in [-0.4, -0.2) is 22.3 Å². The highest BCUT2D eigenvalue weighted by atomic mass is 19.3. The number of hydrogen-bond donors (Lipinski definition) is 1. The quantitative estimate of drug-likeness (QED) is 0.776. The summed E-state index contributed by atoms with van der Waals surface area (Å²) in [7, 11) is 0. The Morgan fingerprint density at radius 1 is 1.08 bits per heavy atom. The zero-order valence-electron chi connectivity index (χ0n) is 12.4. The van der Waals surface area contributed by atoms with E-state index in [1.165, 1.54) is 30.5 Å². The van der Waals surface area contributed by atoms with Gasteiger partial charge in [-0.1, -0.05) is 18.2 Å². The van der Waals surface area contributed by atoms with Gasteiger partial charge >= 0.3 is 6.61 Å². The third-order valence-corrected chi connectivity index (χ3v) is 3.20. The number of aromatic nitrogens is 2. The molecule has 0 aliphatic carbocycles. The molecule has 3 aromatic rings. The number of para-hydroxylation sites is 1. The Kier molecular flexibility index (Phi) is 4.51. The number of nitrogens with one attached hydrogen (secondary N) is 1. The van der Waals surface area contributed by atoms with E-state index in [-0.39, 0.29) is 11.7 Å². The van der Waals surface area contributed by atoms with Gasteiger partial charge in [0.2, 0.25) is 0 Å². The standard InChI is InChI=1S/C17H13F2N3O2/c18-17(19)24-15-8-6-13(7-9-15)21-16(23)12-10-20-22(11-12)14-4-2-1-3-5-14/h1-11,17H,(H,21,23). The maximum atomic E-state index is 12.2. The van der Waals surface area contributed by atoms with E-state index in [0.717, 1.165) is 5.69 Å². The minimum Gasteiger partial charge on any atom is -0.435 e. The van der Waals surface area contributed by atoms with E-state index >= 15 is 0 Å². The van der Waals surface area contributed by atoms with Crippen molar-refractivity contribution in [2.45, 2.75) is 6.61 Å². The number of ether oxygens (including phenoxy) is 1. The molecule has 0 fully saturated rings. The third-order valence-electron chi connectivity index (χ3n) is 3.20. The Morgan fingerprint density at radius 2 is 1.79 bits per heavy atom. The van der Waals surface area contributed by atoms with E-state index in [2.05, 4.69) is 15.2 Å². The minimum atomic E-state index is -2.88. The maximum absolute atomic E-state index is 12.2. The predicted octanol–water partition coefficient (Wildman–Crippen LogP) is 3.73. The van der Waals surface area contributed by atoms with Crippen molar-refractivity contribution in [1.29, 1.82) is 0 Å². The lowest BCUT2D eigenvalue weighted by Gasteiger charge is -2.06. The number of carbonyl (C=O) groups excluding carboxylic acids is 1. The van der Waals surface area contributed by atoms with Gasteiger partial charge in [-0.05, 0) is 36.4 Å². The molecular formula is C17H13F2N3O2. The molecule has 3 rings (SSSR count). The molecule has 0 radical (unpaired) electrons. The molecule has 122 valence electrons. The lowest BCUT2D eigenvalue weighted by Crippen LogP contribution is -2.11. The molecule has 2 aromatic carbocycles. The van der Waals surface area contributed by atoms with E-state index in [1.807, 2.05) is 30.3 Å². The van der Waals surface area contributed by atoms with Crippen LogP contribution in [0.1, 0.15) is 10.4 Å². The number of nitrogens with zero attached hydrogens (tertiary/aromatic N) is 2. The van der Waals surface area contributed by atoms with E-state index in [4.69, 9.17) is 0 Å². The molecule has 0 saturated heterocycles. The van der Waals surface area contributed by atoms with Gasteiger partial charge in [0.25, 0.3) is 5.91 Å². The van der Waals surface area contributed by atoms with Gasteiger partial charge in [0, 0.05) is 11.9 Å². The summed E-state index contributed by atoms with van der Waals surface area (Å²) in [6, 6.07) is 15.1. The van der Waals surface area contributed by atoms with Gasteiger partial charge < -0.3 is 10.1 Å². The van der Waals surface area contributed by atoms with Crippen LogP contribution in [0.4, 0.5) is 14.5 Å². The summed E-state index contributed by atoms with van der Waals surface area (Å²) in [5, 5.41) is 6.82. The smallest absolute Gasteiger partial charge is 0.387 e. The lowest BCUT2D eigenvalue weighted by molar-refractivity contribution is -0.0498. The van der Waals surface area contributed by atoms with Crippen molar-refractivity contribution in [3.8, 4) is 11.4 Å². The van der Waals surface area contributed by atoms with Gasteiger partial charge in [-0.15, -0.1) is 0 Å². The largest absolute Gasteiger partial charge is 0.435 e. The molecule has 1 N–H and O–H groups in total.